The Balaban J connectivity index is 2.13. The predicted molar refractivity (Wildman–Crippen MR) is 126 cm³/mol. The Labute approximate surface area is 206 Å². The van der Waals surface area contributed by atoms with Crippen LogP contribution in [0.4, 0.5) is 34.8 Å². The molecule has 1 aliphatic rings. The van der Waals surface area contributed by atoms with Crippen LogP contribution in [0.5, 0.6) is 0 Å². The summed E-state index contributed by atoms with van der Waals surface area (Å²) in [6.07, 6.45) is -6.10. The third kappa shape index (κ3) is 5.83. The zero-order valence-electron chi connectivity index (χ0n) is 17.8. The summed E-state index contributed by atoms with van der Waals surface area (Å²) in [4.78, 5) is 12.6. The molecule has 2 aromatic rings. The van der Waals surface area contributed by atoms with Gasteiger partial charge in [0.15, 0.2) is 0 Å². The fourth-order valence-corrected chi connectivity index (χ4v) is 5.70. The number of anilines is 3. The summed E-state index contributed by atoms with van der Waals surface area (Å²) in [6, 6.07) is 4.91. The number of benzene rings is 1. The summed E-state index contributed by atoms with van der Waals surface area (Å²) in [5, 5.41) is 21.3. The molecule has 1 saturated carbocycles. The van der Waals surface area contributed by atoms with Crippen LogP contribution in [0.3, 0.4) is 0 Å². The maximum absolute atomic E-state index is 14.5. The molecular formula is C20H22F4IN3O5S. The van der Waals surface area contributed by atoms with E-state index in [1.54, 1.807) is 0 Å². The zero-order valence-corrected chi connectivity index (χ0v) is 20.8. The molecule has 188 valence electrons. The molecule has 1 heterocycles. The second-order valence-electron chi connectivity index (χ2n) is 8.17. The van der Waals surface area contributed by atoms with Crippen molar-refractivity contribution in [1.29, 1.82) is 0 Å². The number of aliphatic hydroxyl groups is 2. The van der Waals surface area contributed by atoms with E-state index in [9.17, 15) is 35.9 Å². The van der Waals surface area contributed by atoms with Crippen LogP contribution in [-0.2, 0) is 16.6 Å². The Morgan fingerprint density at radius 2 is 1.88 bits per heavy atom. The van der Waals surface area contributed by atoms with Crippen molar-refractivity contribution in [2.24, 2.45) is 0 Å². The number of rotatable bonds is 9. The Bertz CT molecular complexity index is 1250. The monoisotopic (exact) mass is 619 g/mol. The smallest absolute Gasteiger partial charge is 0.394 e. The van der Waals surface area contributed by atoms with Gasteiger partial charge in [-0.2, -0.15) is 13.2 Å². The number of halogens is 5. The minimum atomic E-state index is -4.84. The number of aliphatic hydroxyl groups excluding tert-OH is 2. The number of alkyl halides is 3. The van der Waals surface area contributed by atoms with Crippen LogP contribution in [0.15, 0.2) is 29.1 Å². The number of pyridine rings is 1. The van der Waals surface area contributed by atoms with E-state index in [1.165, 1.54) is 19.1 Å². The van der Waals surface area contributed by atoms with Gasteiger partial charge in [-0.1, -0.05) is 0 Å². The molecule has 0 radical (unpaired) electrons. The van der Waals surface area contributed by atoms with Crippen molar-refractivity contribution in [2.45, 2.75) is 49.8 Å². The molecule has 0 saturated heterocycles. The Morgan fingerprint density at radius 1 is 1.24 bits per heavy atom. The lowest BCUT2D eigenvalue weighted by Gasteiger charge is -2.24. The van der Waals surface area contributed by atoms with Crippen LogP contribution >= 0.6 is 22.6 Å². The first-order valence-electron chi connectivity index (χ1n) is 10.0. The molecule has 3 rings (SSSR count). The summed E-state index contributed by atoms with van der Waals surface area (Å²) >= 11 is 1.84. The van der Waals surface area contributed by atoms with Crippen molar-refractivity contribution in [2.75, 3.05) is 16.6 Å². The second kappa shape index (κ2) is 9.62. The van der Waals surface area contributed by atoms with E-state index in [2.05, 4.69) is 10.0 Å². The SMILES string of the molecule is Cc1cc(NS(=O)(=O)C2(CC(O)CO)CC2)c(Nc2ccc(I)cc2F)n(CC(F)(F)F)c1=O. The van der Waals surface area contributed by atoms with Crippen LogP contribution in [0.1, 0.15) is 24.8 Å². The molecule has 0 bridgehead atoms. The summed E-state index contributed by atoms with van der Waals surface area (Å²) in [6.45, 7) is -1.18. The van der Waals surface area contributed by atoms with Crippen LogP contribution in [-0.4, -0.2) is 46.8 Å². The number of aromatic nitrogens is 1. The van der Waals surface area contributed by atoms with Crippen molar-refractivity contribution in [3.8, 4) is 0 Å². The van der Waals surface area contributed by atoms with Gasteiger partial charge in [-0.15, -0.1) is 0 Å². The van der Waals surface area contributed by atoms with Gasteiger partial charge in [0.1, 0.15) is 18.2 Å². The average molecular weight is 619 g/mol. The minimum absolute atomic E-state index is 0.162. The summed E-state index contributed by atoms with van der Waals surface area (Å²) < 4.78 is 82.2. The Hall–Kier alpha value is -1.91. The highest BCUT2D eigenvalue weighted by Gasteiger charge is 2.55. The topological polar surface area (TPSA) is 121 Å². The fraction of sp³-hybridized carbons (Fsp3) is 0.450. The zero-order chi connectivity index (χ0) is 25.5. The van der Waals surface area contributed by atoms with E-state index >= 15 is 0 Å². The lowest BCUT2D eigenvalue weighted by atomic mass is 10.2. The molecule has 0 amide bonds. The van der Waals surface area contributed by atoms with Gasteiger partial charge < -0.3 is 15.5 Å². The first-order valence-corrected chi connectivity index (χ1v) is 12.6. The standard InChI is InChI=1S/C20H22F4IN3O5S/c1-11-6-16(27-34(32,33)19(4-5-19)8-13(30)9-29)17(28(18(11)31)10-20(22,23)24)26-15-3-2-12(25)7-14(15)21/h2-3,6-7,13,26-27,29-30H,4-5,8-10H2,1H3. The first kappa shape index (κ1) is 26.7. The lowest BCUT2D eigenvalue weighted by Crippen LogP contribution is -2.36. The lowest BCUT2D eigenvalue weighted by molar-refractivity contribution is -0.140. The molecule has 34 heavy (non-hydrogen) atoms. The highest BCUT2D eigenvalue weighted by molar-refractivity contribution is 14.1. The summed E-state index contributed by atoms with van der Waals surface area (Å²) in [5.74, 6) is -1.41. The fourth-order valence-electron chi connectivity index (χ4n) is 3.54. The molecule has 1 unspecified atom stereocenters. The number of hydrogen-bond donors (Lipinski definition) is 4. The van der Waals surface area contributed by atoms with E-state index in [-0.39, 0.29) is 36.2 Å². The van der Waals surface area contributed by atoms with E-state index in [0.717, 1.165) is 12.1 Å². The molecular weight excluding hydrogens is 597 g/mol. The number of nitrogens with one attached hydrogen (secondary N) is 2. The third-order valence-corrected chi connectivity index (χ3v) is 8.31. The van der Waals surface area contributed by atoms with Gasteiger partial charge in [0.2, 0.25) is 10.0 Å². The largest absolute Gasteiger partial charge is 0.406 e. The van der Waals surface area contributed by atoms with E-state index < -0.39 is 57.4 Å². The molecule has 14 heteroatoms. The van der Waals surface area contributed by atoms with Crippen molar-refractivity contribution >= 4 is 49.8 Å². The van der Waals surface area contributed by atoms with Crippen LogP contribution in [0.2, 0.25) is 0 Å². The third-order valence-electron chi connectivity index (χ3n) is 5.43. The Kier molecular flexibility index (Phi) is 7.55. The van der Waals surface area contributed by atoms with Crippen molar-refractivity contribution in [3.63, 3.8) is 0 Å². The quantitative estimate of drug-likeness (QED) is 0.253. The maximum Gasteiger partial charge on any atom is 0.406 e. The maximum atomic E-state index is 14.5. The van der Waals surface area contributed by atoms with Gasteiger partial charge in [-0.25, -0.2) is 12.8 Å². The van der Waals surface area contributed by atoms with E-state index in [0.29, 0.717) is 8.14 Å². The van der Waals surface area contributed by atoms with Crippen LogP contribution in [0.25, 0.3) is 0 Å². The number of hydrogen-bond acceptors (Lipinski definition) is 6. The number of nitrogens with zero attached hydrogens (tertiary/aromatic N) is 1. The van der Waals surface area contributed by atoms with Crippen molar-refractivity contribution in [1.82, 2.24) is 4.57 Å². The van der Waals surface area contributed by atoms with E-state index in [4.69, 9.17) is 5.11 Å². The average Bonchev–Trinajstić information content (AvgIpc) is 3.50. The number of aryl methyl sites for hydroxylation is 1. The predicted octanol–water partition coefficient (Wildman–Crippen LogP) is 3.22. The normalized spacial score (nSPS) is 16.2. The van der Waals surface area contributed by atoms with Gasteiger partial charge in [0.25, 0.3) is 5.56 Å². The molecule has 1 atom stereocenters. The van der Waals surface area contributed by atoms with Crippen molar-refractivity contribution < 1.29 is 36.2 Å². The van der Waals surface area contributed by atoms with Gasteiger partial charge in [0, 0.05) is 9.13 Å². The van der Waals surface area contributed by atoms with E-state index in [1.807, 2.05) is 22.6 Å². The van der Waals surface area contributed by atoms with Gasteiger partial charge in [0.05, 0.1) is 28.8 Å². The minimum Gasteiger partial charge on any atom is -0.394 e. The van der Waals surface area contributed by atoms with Gasteiger partial charge in [-0.05, 0) is 73.0 Å². The molecule has 1 fully saturated rings. The van der Waals surface area contributed by atoms with Gasteiger partial charge in [-0.3, -0.25) is 14.1 Å². The number of sulfonamides is 1. The molecule has 1 aliphatic carbocycles. The Morgan fingerprint density at radius 3 is 2.41 bits per heavy atom. The van der Waals surface area contributed by atoms with Crippen LogP contribution < -0.4 is 15.6 Å². The molecule has 0 spiro atoms. The first-order chi connectivity index (χ1) is 15.7. The van der Waals surface area contributed by atoms with Gasteiger partial charge >= 0.3 is 6.18 Å². The molecule has 8 nitrogen and oxygen atoms in total. The summed E-state index contributed by atoms with van der Waals surface area (Å²) in [5.41, 5.74) is -1.86. The van der Waals surface area contributed by atoms with Crippen LogP contribution in [0, 0.1) is 16.3 Å². The summed E-state index contributed by atoms with van der Waals surface area (Å²) in [7, 11) is -4.28. The second-order valence-corrected chi connectivity index (χ2v) is 11.5. The van der Waals surface area contributed by atoms with Crippen molar-refractivity contribution in [3.05, 3.63) is 49.6 Å². The highest BCUT2D eigenvalue weighted by Crippen LogP contribution is 2.48. The molecule has 4 N–H and O–H groups in total. The highest BCUT2D eigenvalue weighted by atomic mass is 127. The molecule has 0 aliphatic heterocycles. The molecule has 1 aromatic carbocycles. The molecule has 1 aromatic heterocycles.